The molecule has 1 aliphatic carbocycles. The topological polar surface area (TPSA) is 78.4 Å². The molecule has 7 heteroatoms. The fourth-order valence-corrected chi connectivity index (χ4v) is 5.39. The van der Waals surface area contributed by atoms with Crippen LogP contribution >= 0.6 is 15.9 Å². The second-order valence-electron chi connectivity index (χ2n) is 10.5. The van der Waals surface area contributed by atoms with E-state index < -0.39 is 6.10 Å². The lowest BCUT2D eigenvalue weighted by atomic mass is 9.87. The Labute approximate surface area is 205 Å². The minimum absolute atomic E-state index is 0.0600. The molecule has 0 unspecified atom stereocenters. The first-order chi connectivity index (χ1) is 15.6. The molecule has 2 N–H and O–H groups in total. The van der Waals surface area contributed by atoms with Crippen molar-refractivity contribution in [3.8, 4) is 0 Å². The van der Waals surface area contributed by atoms with Gasteiger partial charge in [-0.3, -0.25) is 4.79 Å². The number of carbonyl (C=O) groups is 1. The molecular formula is C26H35BrN4O2. The lowest BCUT2D eigenvalue weighted by Crippen LogP contribution is -2.46. The lowest BCUT2D eigenvalue weighted by Gasteiger charge is -2.35. The highest BCUT2D eigenvalue weighted by atomic mass is 79.9. The summed E-state index contributed by atoms with van der Waals surface area (Å²) < 4.78 is 1.01. The van der Waals surface area contributed by atoms with Crippen LogP contribution in [0, 0.1) is 0 Å². The molecule has 0 saturated carbocycles. The van der Waals surface area contributed by atoms with Crippen LogP contribution in [0.5, 0.6) is 0 Å². The Morgan fingerprint density at radius 2 is 1.82 bits per heavy atom. The van der Waals surface area contributed by atoms with Crippen molar-refractivity contribution in [2.45, 2.75) is 76.4 Å². The van der Waals surface area contributed by atoms with Gasteiger partial charge in [-0.15, -0.1) is 0 Å². The van der Waals surface area contributed by atoms with Crippen LogP contribution in [0.25, 0.3) is 0 Å². The van der Waals surface area contributed by atoms with E-state index in [1.807, 2.05) is 29.2 Å². The maximum atomic E-state index is 13.6. The van der Waals surface area contributed by atoms with Crippen molar-refractivity contribution in [3.05, 3.63) is 57.6 Å². The van der Waals surface area contributed by atoms with Crippen LogP contribution in [0.15, 0.2) is 35.1 Å². The van der Waals surface area contributed by atoms with Crippen molar-refractivity contribution < 1.29 is 9.90 Å². The van der Waals surface area contributed by atoms with Gasteiger partial charge in [0.25, 0.3) is 0 Å². The highest BCUT2D eigenvalue weighted by Crippen LogP contribution is 2.43. The number of carbonyl (C=O) groups excluding carboxylic acids is 1. The molecule has 1 saturated heterocycles. The van der Waals surface area contributed by atoms with Gasteiger partial charge in [0.05, 0.1) is 23.4 Å². The second-order valence-corrected chi connectivity index (χ2v) is 11.5. The van der Waals surface area contributed by atoms with E-state index in [1.54, 1.807) is 6.33 Å². The minimum Gasteiger partial charge on any atom is -0.387 e. The number of benzene rings is 1. The Kier molecular flexibility index (Phi) is 7.22. The van der Waals surface area contributed by atoms with Gasteiger partial charge >= 0.3 is 0 Å². The van der Waals surface area contributed by atoms with E-state index in [0.717, 1.165) is 52.9 Å². The molecule has 6 nitrogen and oxygen atoms in total. The Bertz CT molecular complexity index is 981. The number of hydrogen-bond acceptors (Lipinski definition) is 5. The van der Waals surface area contributed by atoms with Crippen LogP contribution in [0.1, 0.15) is 93.3 Å². The number of halogens is 1. The predicted molar refractivity (Wildman–Crippen MR) is 133 cm³/mol. The Balaban J connectivity index is 1.48. The molecule has 0 bridgehead atoms. The second kappa shape index (κ2) is 9.80. The molecular weight excluding hydrogens is 480 g/mol. The predicted octanol–water partition coefficient (Wildman–Crippen LogP) is 4.66. The smallest absolute Gasteiger partial charge is 0.231 e. The number of aromatic nitrogens is 2. The summed E-state index contributed by atoms with van der Waals surface area (Å²) in [6, 6.07) is 8.09. The molecule has 0 spiro atoms. The first-order valence-electron chi connectivity index (χ1n) is 12.0. The molecule has 2 heterocycles. The van der Waals surface area contributed by atoms with Crippen LogP contribution in [0.4, 0.5) is 0 Å². The Morgan fingerprint density at radius 3 is 2.45 bits per heavy atom. The lowest BCUT2D eigenvalue weighted by molar-refractivity contribution is -0.133. The van der Waals surface area contributed by atoms with Gasteiger partial charge < -0.3 is 15.3 Å². The van der Waals surface area contributed by atoms with Gasteiger partial charge in [0.15, 0.2) is 0 Å². The molecule has 2 aromatic rings. The number of fused-ring (bicyclic) bond motifs is 1. The summed E-state index contributed by atoms with van der Waals surface area (Å²) in [6.45, 7) is 10.6. The summed E-state index contributed by atoms with van der Waals surface area (Å²) in [5.74, 6) is 0.546. The number of piperidine rings is 1. The molecule has 1 aromatic carbocycles. The third kappa shape index (κ3) is 5.47. The first kappa shape index (κ1) is 24.3. The van der Waals surface area contributed by atoms with Gasteiger partial charge in [0, 0.05) is 41.1 Å². The third-order valence-electron chi connectivity index (χ3n) is 6.93. The van der Waals surface area contributed by atoms with Gasteiger partial charge in [-0.2, -0.15) is 0 Å². The third-order valence-corrected chi connectivity index (χ3v) is 7.46. The van der Waals surface area contributed by atoms with Crippen LogP contribution in [-0.4, -0.2) is 51.1 Å². The normalized spacial score (nSPS) is 22.3. The molecule has 178 valence electrons. The largest absolute Gasteiger partial charge is 0.387 e. The number of nitrogens with one attached hydrogen (secondary N) is 1. The zero-order chi connectivity index (χ0) is 23.8. The fourth-order valence-electron chi connectivity index (χ4n) is 5.13. The van der Waals surface area contributed by atoms with E-state index in [0.29, 0.717) is 18.9 Å². The molecule has 33 heavy (non-hydrogen) atoms. The number of aliphatic hydroxyl groups excluding tert-OH is 1. The van der Waals surface area contributed by atoms with Gasteiger partial charge in [-0.1, -0.05) is 35.0 Å². The van der Waals surface area contributed by atoms with Crippen molar-refractivity contribution in [3.63, 3.8) is 0 Å². The molecule has 4 rings (SSSR count). The fraction of sp³-hybridized carbons (Fsp3) is 0.577. The minimum atomic E-state index is -0.486. The van der Waals surface area contributed by atoms with Gasteiger partial charge in [0.2, 0.25) is 5.91 Å². The average molecular weight is 515 g/mol. The molecule has 1 aliphatic heterocycles. The maximum absolute atomic E-state index is 13.6. The summed E-state index contributed by atoms with van der Waals surface area (Å²) in [6.07, 6.45) is 3.60. The summed E-state index contributed by atoms with van der Waals surface area (Å²) >= 11 is 3.50. The van der Waals surface area contributed by atoms with E-state index in [9.17, 15) is 9.90 Å². The van der Waals surface area contributed by atoms with Crippen LogP contribution in [0.3, 0.4) is 0 Å². The number of rotatable bonds is 5. The van der Waals surface area contributed by atoms with E-state index >= 15 is 0 Å². The SMILES string of the molecule is C[C@@H]1C[C@@H](O)c2ncnc(C3CCN(C(=O)[C@H](CNC(C)(C)C)c4ccc(Br)cc4)CC3)c21. The highest BCUT2D eigenvalue weighted by molar-refractivity contribution is 9.10. The molecule has 0 radical (unpaired) electrons. The van der Waals surface area contributed by atoms with E-state index in [1.165, 1.54) is 0 Å². The number of nitrogens with zero attached hydrogens (tertiary/aromatic N) is 3. The van der Waals surface area contributed by atoms with Gasteiger partial charge in [-0.25, -0.2) is 9.97 Å². The van der Waals surface area contributed by atoms with Crippen LogP contribution in [0.2, 0.25) is 0 Å². The van der Waals surface area contributed by atoms with Crippen LogP contribution in [-0.2, 0) is 4.79 Å². The molecule has 1 fully saturated rings. The zero-order valence-corrected chi connectivity index (χ0v) is 21.6. The van der Waals surface area contributed by atoms with Crippen LogP contribution < -0.4 is 5.32 Å². The van der Waals surface area contributed by atoms with Crippen molar-refractivity contribution in [2.75, 3.05) is 19.6 Å². The molecule has 1 aromatic heterocycles. The quantitative estimate of drug-likeness (QED) is 0.606. The highest BCUT2D eigenvalue weighted by Gasteiger charge is 2.36. The Morgan fingerprint density at radius 1 is 1.18 bits per heavy atom. The van der Waals surface area contributed by atoms with Crippen molar-refractivity contribution >= 4 is 21.8 Å². The van der Waals surface area contributed by atoms with Gasteiger partial charge in [-0.05, 0) is 63.6 Å². The molecule has 3 atom stereocenters. The van der Waals surface area contributed by atoms with Crippen molar-refractivity contribution in [1.82, 2.24) is 20.2 Å². The number of hydrogen-bond donors (Lipinski definition) is 2. The van der Waals surface area contributed by atoms with E-state index in [-0.39, 0.29) is 23.3 Å². The van der Waals surface area contributed by atoms with Crippen molar-refractivity contribution in [1.29, 1.82) is 0 Å². The summed E-state index contributed by atoms with van der Waals surface area (Å²) in [7, 11) is 0. The van der Waals surface area contributed by atoms with Gasteiger partial charge in [0.1, 0.15) is 6.33 Å². The monoisotopic (exact) mass is 514 g/mol. The number of likely N-dealkylation sites (tertiary alicyclic amines) is 1. The summed E-state index contributed by atoms with van der Waals surface area (Å²) in [5.41, 5.74) is 4.00. The first-order valence-corrected chi connectivity index (χ1v) is 12.8. The van der Waals surface area contributed by atoms with E-state index in [2.05, 4.69) is 58.9 Å². The standard InChI is InChI=1S/C26H35BrN4O2/c1-16-13-21(32)24-22(16)23(28-15-29-24)18-9-11-31(12-10-18)25(33)20(14-30-26(2,3)4)17-5-7-19(27)8-6-17/h5-8,15-16,18,20-21,30,32H,9-14H2,1-4H3/t16-,20-,21-/m1/s1. The summed E-state index contributed by atoms with van der Waals surface area (Å²) in [5, 5.41) is 13.9. The summed E-state index contributed by atoms with van der Waals surface area (Å²) in [4.78, 5) is 24.7. The maximum Gasteiger partial charge on any atom is 0.231 e. The average Bonchev–Trinajstić information content (AvgIpc) is 3.08. The number of aliphatic hydroxyl groups is 1. The molecule has 1 amide bonds. The van der Waals surface area contributed by atoms with E-state index in [4.69, 9.17) is 0 Å². The zero-order valence-electron chi connectivity index (χ0n) is 20.0. The van der Waals surface area contributed by atoms with Crippen molar-refractivity contribution in [2.24, 2.45) is 0 Å². The number of amides is 1. The molecule has 2 aliphatic rings. The Hall–Kier alpha value is -1.83.